The molecule has 1 aliphatic heterocycles. The lowest BCUT2D eigenvalue weighted by Gasteiger charge is -2.43. The van der Waals surface area contributed by atoms with Crippen LogP contribution in [0, 0.1) is 5.41 Å². The van der Waals surface area contributed by atoms with E-state index in [0.29, 0.717) is 32.2 Å². The number of hydrogen-bond donors (Lipinski definition) is 5. The molecule has 41 heavy (non-hydrogen) atoms. The molecule has 5 amide bonds. The fraction of sp³-hybridized carbons (Fsp3) is 0.821. The van der Waals surface area contributed by atoms with E-state index in [1.165, 1.54) is 4.90 Å². The summed E-state index contributed by atoms with van der Waals surface area (Å²) in [7, 11) is 0. The average molecular weight is 596 g/mol. The normalized spacial score (nSPS) is 24.9. The standard InChI is InChI=1S/C28H45N5O7S/c1-27(12-4-2-5-13-27)22(31-26(38)32-28(18-41(39)40)14-6-3-7-15-28)25(37)33-16-8-9-20(33)23(35)29-17-21(34)24(36)30-19-10-11-19/h19-20,22H,2-18H2,1H3,(H,29,35)(H,30,36)(H,39,40)(H2,31,32,38)/t20-,22+/m0/s1. The second-order valence-corrected chi connectivity index (χ2v) is 13.6. The molecule has 4 aliphatic rings. The number of urea groups is 1. The van der Waals surface area contributed by atoms with E-state index in [4.69, 9.17) is 0 Å². The highest BCUT2D eigenvalue weighted by Crippen LogP contribution is 2.40. The number of carbonyl (C=O) groups is 5. The Bertz CT molecular complexity index is 1040. The largest absolute Gasteiger partial charge is 0.347 e. The summed E-state index contributed by atoms with van der Waals surface area (Å²) in [6, 6.07) is -2.20. The van der Waals surface area contributed by atoms with Crippen LogP contribution in [0.25, 0.3) is 0 Å². The van der Waals surface area contributed by atoms with Crippen LogP contribution in [-0.4, -0.2) is 85.7 Å². The van der Waals surface area contributed by atoms with E-state index in [-0.39, 0.29) is 17.7 Å². The van der Waals surface area contributed by atoms with Crippen LogP contribution >= 0.6 is 0 Å². The molecular weight excluding hydrogens is 550 g/mol. The number of hydrogen-bond acceptors (Lipinski definition) is 6. The third-order valence-corrected chi connectivity index (χ3v) is 10.0. The first-order valence-electron chi connectivity index (χ1n) is 15.1. The number of amides is 5. The molecule has 0 spiro atoms. The van der Waals surface area contributed by atoms with Crippen molar-refractivity contribution in [2.75, 3.05) is 18.8 Å². The lowest BCUT2D eigenvalue weighted by Crippen LogP contribution is -2.63. The van der Waals surface area contributed by atoms with Gasteiger partial charge < -0.3 is 30.7 Å². The van der Waals surface area contributed by atoms with Gasteiger partial charge in [0, 0.05) is 12.6 Å². The Morgan fingerprint density at radius 3 is 2.17 bits per heavy atom. The molecule has 4 rings (SSSR count). The Morgan fingerprint density at radius 2 is 1.56 bits per heavy atom. The first-order valence-corrected chi connectivity index (χ1v) is 16.4. The van der Waals surface area contributed by atoms with Crippen molar-refractivity contribution in [1.82, 2.24) is 26.2 Å². The van der Waals surface area contributed by atoms with Gasteiger partial charge in [-0.05, 0) is 56.8 Å². The number of nitrogens with zero attached hydrogens (tertiary/aromatic N) is 1. The molecule has 0 aromatic rings. The van der Waals surface area contributed by atoms with Gasteiger partial charge in [-0.3, -0.25) is 19.2 Å². The van der Waals surface area contributed by atoms with Crippen molar-refractivity contribution in [2.45, 2.75) is 120 Å². The van der Waals surface area contributed by atoms with E-state index >= 15 is 0 Å². The molecule has 1 unspecified atom stereocenters. The van der Waals surface area contributed by atoms with E-state index in [9.17, 15) is 32.7 Å². The number of carbonyl (C=O) groups excluding carboxylic acids is 5. The van der Waals surface area contributed by atoms with Crippen LogP contribution in [0.2, 0.25) is 0 Å². The van der Waals surface area contributed by atoms with Crippen LogP contribution < -0.4 is 21.3 Å². The fourth-order valence-corrected chi connectivity index (χ4v) is 7.52. The second-order valence-electron chi connectivity index (χ2n) is 12.6. The van der Waals surface area contributed by atoms with Gasteiger partial charge in [0.25, 0.3) is 5.91 Å². The predicted molar refractivity (Wildman–Crippen MR) is 152 cm³/mol. The number of nitrogens with one attached hydrogen (secondary N) is 4. The van der Waals surface area contributed by atoms with Crippen LogP contribution in [0.1, 0.15) is 96.8 Å². The van der Waals surface area contributed by atoms with E-state index in [1.54, 1.807) is 0 Å². The van der Waals surface area contributed by atoms with Crippen LogP contribution in [0.3, 0.4) is 0 Å². The minimum absolute atomic E-state index is 0.0339. The highest BCUT2D eigenvalue weighted by molar-refractivity contribution is 7.79. The van der Waals surface area contributed by atoms with Crippen LogP contribution in [-0.2, 0) is 30.3 Å². The van der Waals surface area contributed by atoms with Crippen molar-refractivity contribution in [3.63, 3.8) is 0 Å². The predicted octanol–water partition coefficient (Wildman–Crippen LogP) is 1.50. The molecule has 0 bridgehead atoms. The van der Waals surface area contributed by atoms with E-state index in [2.05, 4.69) is 21.3 Å². The maximum absolute atomic E-state index is 14.1. The zero-order valence-corrected chi connectivity index (χ0v) is 24.8. The summed E-state index contributed by atoms with van der Waals surface area (Å²) >= 11 is -2.08. The summed E-state index contributed by atoms with van der Waals surface area (Å²) in [5.41, 5.74) is -1.33. The maximum Gasteiger partial charge on any atom is 0.315 e. The van der Waals surface area contributed by atoms with Crippen LogP contribution in [0.5, 0.6) is 0 Å². The summed E-state index contributed by atoms with van der Waals surface area (Å²) in [6.07, 6.45) is 10.9. The highest BCUT2D eigenvalue weighted by atomic mass is 32.2. The number of rotatable bonds is 11. The molecule has 13 heteroatoms. The first-order chi connectivity index (χ1) is 19.5. The SMILES string of the molecule is CC1([C@H](NC(=O)NC2(CS(=O)O)CCCCC2)C(=O)N2CCC[C@H]2C(=O)NCC(=O)C(=O)NC2CC2)CCCCC1. The molecule has 0 aromatic heterocycles. The molecule has 12 nitrogen and oxygen atoms in total. The molecule has 3 saturated carbocycles. The van der Waals surface area contributed by atoms with Crippen molar-refractivity contribution < 1.29 is 32.7 Å². The summed E-state index contributed by atoms with van der Waals surface area (Å²) < 4.78 is 21.4. The summed E-state index contributed by atoms with van der Waals surface area (Å²) in [6.45, 7) is 1.90. The Balaban J connectivity index is 1.44. The van der Waals surface area contributed by atoms with Gasteiger partial charge in [0.15, 0.2) is 11.1 Å². The van der Waals surface area contributed by atoms with Crippen molar-refractivity contribution in [3.8, 4) is 0 Å². The Morgan fingerprint density at radius 1 is 0.927 bits per heavy atom. The molecule has 230 valence electrons. The topological polar surface area (TPSA) is 174 Å². The third-order valence-electron chi connectivity index (χ3n) is 9.23. The van der Waals surface area contributed by atoms with Crippen molar-refractivity contribution in [3.05, 3.63) is 0 Å². The van der Waals surface area contributed by atoms with Crippen LogP contribution in [0.15, 0.2) is 0 Å². The average Bonchev–Trinajstić information content (AvgIpc) is 3.60. The fourth-order valence-electron chi connectivity index (χ4n) is 6.69. The van der Waals surface area contributed by atoms with Crippen LogP contribution in [0.4, 0.5) is 4.79 Å². The second kappa shape index (κ2) is 13.6. The molecule has 1 heterocycles. The lowest BCUT2D eigenvalue weighted by atomic mass is 9.70. The van der Waals surface area contributed by atoms with Crippen molar-refractivity contribution >= 4 is 40.6 Å². The van der Waals surface area contributed by atoms with Gasteiger partial charge in [-0.15, -0.1) is 0 Å². The molecule has 3 aliphatic carbocycles. The van der Waals surface area contributed by atoms with Gasteiger partial charge in [0.1, 0.15) is 12.1 Å². The minimum atomic E-state index is -2.08. The Kier molecular flexibility index (Phi) is 10.4. The zero-order chi connectivity index (χ0) is 29.6. The first kappa shape index (κ1) is 31.4. The quantitative estimate of drug-likeness (QED) is 0.178. The van der Waals surface area contributed by atoms with Gasteiger partial charge in [0.2, 0.25) is 17.6 Å². The Labute approximate surface area is 244 Å². The van der Waals surface area contributed by atoms with Gasteiger partial charge in [0.05, 0.1) is 17.8 Å². The molecule has 1 saturated heterocycles. The van der Waals surface area contributed by atoms with Crippen molar-refractivity contribution in [2.24, 2.45) is 5.41 Å². The molecular formula is C28H45N5O7S. The monoisotopic (exact) mass is 595 g/mol. The van der Waals surface area contributed by atoms with E-state index in [0.717, 1.165) is 64.2 Å². The molecule has 4 fully saturated rings. The summed E-state index contributed by atoms with van der Waals surface area (Å²) in [5, 5.41) is 11.0. The molecule has 5 N–H and O–H groups in total. The van der Waals surface area contributed by atoms with Gasteiger partial charge >= 0.3 is 6.03 Å². The Hall–Kier alpha value is -2.54. The minimum Gasteiger partial charge on any atom is -0.347 e. The molecule has 0 radical (unpaired) electrons. The maximum atomic E-state index is 14.1. The smallest absolute Gasteiger partial charge is 0.315 e. The van der Waals surface area contributed by atoms with Gasteiger partial charge in [-0.1, -0.05) is 45.4 Å². The molecule has 0 aromatic carbocycles. The third kappa shape index (κ3) is 8.27. The molecule has 3 atom stereocenters. The summed E-state index contributed by atoms with van der Waals surface area (Å²) in [4.78, 5) is 66.3. The summed E-state index contributed by atoms with van der Waals surface area (Å²) in [5.74, 6) is -2.35. The number of Topliss-reactive ketones (excluding diaryl/α,β-unsaturated/α-hetero) is 1. The number of likely N-dealkylation sites (tertiary alicyclic amines) is 1. The van der Waals surface area contributed by atoms with Gasteiger partial charge in [-0.2, -0.15) is 0 Å². The van der Waals surface area contributed by atoms with E-state index < -0.39 is 64.3 Å². The van der Waals surface area contributed by atoms with Crippen molar-refractivity contribution in [1.29, 1.82) is 0 Å². The highest BCUT2D eigenvalue weighted by Gasteiger charge is 2.47. The zero-order valence-electron chi connectivity index (χ0n) is 24.0. The lowest BCUT2D eigenvalue weighted by molar-refractivity contribution is -0.143. The number of ketones is 1. The van der Waals surface area contributed by atoms with E-state index in [1.807, 2.05) is 6.92 Å². The van der Waals surface area contributed by atoms with Gasteiger partial charge in [-0.25, -0.2) is 9.00 Å².